The summed E-state index contributed by atoms with van der Waals surface area (Å²) in [5.74, 6) is 0.658. The molecule has 5 heteroatoms. The van der Waals surface area contributed by atoms with Gasteiger partial charge in [0.25, 0.3) is 0 Å². The number of sulfonamides is 1. The van der Waals surface area contributed by atoms with Crippen LogP contribution >= 0.6 is 11.6 Å². The van der Waals surface area contributed by atoms with Crippen LogP contribution in [0.2, 0.25) is 0 Å². The summed E-state index contributed by atoms with van der Waals surface area (Å²) in [6, 6.07) is 6.19. The topological polar surface area (TPSA) is 46.2 Å². The molecule has 3 nitrogen and oxygen atoms in total. The van der Waals surface area contributed by atoms with Crippen LogP contribution in [0.5, 0.6) is 0 Å². The molecule has 0 amide bonds. The minimum absolute atomic E-state index is 0.148. The van der Waals surface area contributed by atoms with Gasteiger partial charge in [0.1, 0.15) is 0 Å². The zero-order valence-electron chi connectivity index (χ0n) is 12.6. The number of nitrogens with one attached hydrogen (secondary N) is 1. The first-order chi connectivity index (χ1) is 10.0. The highest BCUT2D eigenvalue weighted by Crippen LogP contribution is 2.25. The van der Waals surface area contributed by atoms with Crippen LogP contribution in [-0.4, -0.2) is 20.1 Å². The molecule has 1 atom stereocenters. The molecule has 21 heavy (non-hydrogen) atoms. The van der Waals surface area contributed by atoms with Crippen LogP contribution in [0.1, 0.15) is 55.3 Å². The van der Waals surface area contributed by atoms with Crippen LogP contribution in [0.4, 0.5) is 0 Å². The molecule has 2 rings (SSSR count). The van der Waals surface area contributed by atoms with E-state index in [-0.39, 0.29) is 11.8 Å². The van der Waals surface area contributed by atoms with Gasteiger partial charge < -0.3 is 0 Å². The number of alkyl halides is 1. The Labute approximate surface area is 133 Å². The van der Waals surface area contributed by atoms with Crippen LogP contribution in [0.25, 0.3) is 0 Å². The minimum atomic E-state index is -3.23. The van der Waals surface area contributed by atoms with E-state index in [0.29, 0.717) is 12.3 Å². The van der Waals surface area contributed by atoms with Gasteiger partial charge in [-0.25, -0.2) is 13.1 Å². The third-order valence-corrected chi connectivity index (χ3v) is 5.83. The lowest BCUT2D eigenvalue weighted by atomic mass is 9.89. The van der Waals surface area contributed by atoms with Crippen molar-refractivity contribution in [1.82, 2.24) is 4.72 Å². The lowest BCUT2D eigenvalue weighted by Gasteiger charge is -2.20. The minimum Gasteiger partial charge on any atom is -0.212 e. The van der Waals surface area contributed by atoms with Gasteiger partial charge in [-0.3, -0.25) is 0 Å². The lowest BCUT2D eigenvalue weighted by molar-refractivity contribution is 0.563. The van der Waals surface area contributed by atoms with Crippen molar-refractivity contribution >= 4 is 21.6 Å². The van der Waals surface area contributed by atoms with Crippen LogP contribution in [0.3, 0.4) is 0 Å². The summed E-state index contributed by atoms with van der Waals surface area (Å²) in [5, 5.41) is 0. The number of aryl methyl sites for hydroxylation is 2. The number of fused-ring (bicyclic) bond motifs is 1. The predicted octanol–water partition coefficient (Wildman–Crippen LogP) is 3.56. The maximum absolute atomic E-state index is 12.0. The van der Waals surface area contributed by atoms with Crippen LogP contribution in [0.15, 0.2) is 18.2 Å². The number of rotatable bonds is 7. The number of unbranched alkanes of at least 4 members (excludes halogenated alkanes) is 1. The molecule has 0 fully saturated rings. The van der Waals surface area contributed by atoms with E-state index in [1.165, 1.54) is 24.0 Å². The quantitative estimate of drug-likeness (QED) is 0.614. The van der Waals surface area contributed by atoms with Crippen molar-refractivity contribution < 1.29 is 8.42 Å². The second-order valence-corrected chi connectivity index (χ2v) is 8.04. The molecule has 0 bridgehead atoms. The summed E-state index contributed by atoms with van der Waals surface area (Å²) < 4.78 is 26.8. The first kappa shape index (κ1) is 16.8. The van der Waals surface area contributed by atoms with E-state index in [1.807, 2.05) is 6.92 Å². The van der Waals surface area contributed by atoms with Gasteiger partial charge in [-0.15, -0.1) is 11.6 Å². The van der Waals surface area contributed by atoms with E-state index in [4.69, 9.17) is 11.6 Å². The van der Waals surface area contributed by atoms with Crippen molar-refractivity contribution in [2.75, 3.05) is 11.6 Å². The number of benzene rings is 1. The average Bonchev–Trinajstić information content (AvgIpc) is 2.46. The highest BCUT2D eigenvalue weighted by Gasteiger charge is 2.17. The van der Waals surface area contributed by atoms with Gasteiger partial charge in [-0.1, -0.05) is 18.2 Å². The molecule has 1 aromatic rings. The molecule has 0 saturated heterocycles. The fraction of sp³-hybridized carbons (Fsp3) is 0.625. The Kier molecular flexibility index (Phi) is 6.08. The first-order valence-corrected chi connectivity index (χ1v) is 9.88. The molecule has 118 valence electrons. The van der Waals surface area contributed by atoms with Crippen molar-refractivity contribution in [1.29, 1.82) is 0 Å². The van der Waals surface area contributed by atoms with E-state index in [2.05, 4.69) is 22.9 Å². The Hall–Kier alpha value is -0.580. The van der Waals surface area contributed by atoms with Crippen molar-refractivity contribution in [3.8, 4) is 0 Å². The van der Waals surface area contributed by atoms with Crippen molar-refractivity contribution in [3.05, 3.63) is 34.9 Å². The number of hydrogen-bond donors (Lipinski definition) is 1. The molecule has 0 radical (unpaired) electrons. The number of halogens is 1. The standard InChI is InChI=1S/C16H24ClNO2S/c1-13(18-21(19,20)11-5-4-10-17)15-9-8-14-6-2-3-7-16(14)12-15/h8-9,12-13,18H,2-7,10-11H2,1H3. The van der Waals surface area contributed by atoms with Gasteiger partial charge in [0, 0.05) is 11.9 Å². The number of hydrogen-bond acceptors (Lipinski definition) is 2. The summed E-state index contributed by atoms with van der Waals surface area (Å²) in [6.45, 7) is 1.91. The van der Waals surface area contributed by atoms with E-state index < -0.39 is 10.0 Å². The Bertz CT molecular complexity index is 572. The van der Waals surface area contributed by atoms with Crippen LogP contribution in [-0.2, 0) is 22.9 Å². The molecular formula is C16H24ClNO2S. The molecule has 0 aliphatic heterocycles. The summed E-state index contributed by atoms with van der Waals surface area (Å²) in [4.78, 5) is 0. The Morgan fingerprint density at radius 1 is 1.19 bits per heavy atom. The van der Waals surface area contributed by atoms with Crippen molar-refractivity contribution in [2.45, 2.75) is 51.5 Å². The smallest absolute Gasteiger partial charge is 0.212 e. The molecule has 0 heterocycles. The van der Waals surface area contributed by atoms with Crippen molar-refractivity contribution in [2.24, 2.45) is 0 Å². The van der Waals surface area contributed by atoms with Crippen LogP contribution < -0.4 is 4.72 Å². The highest BCUT2D eigenvalue weighted by molar-refractivity contribution is 7.89. The molecule has 1 aromatic carbocycles. The highest BCUT2D eigenvalue weighted by atomic mass is 35.5. The van der Waals surface area contributed by atoms with E-state index in [0.717, 1.165) is 24.8 Å². The lowest BCUT2D eigenvalue weighted by Crippen LogP contribution is -2.29. The van der Waals surface area contributed by atoms with Gasteiger partial charge >= 0.3 is 0 Å². The SMILES string of the molecule is CC(NS(=O)(=O)CCCCCl)c1ccc2c(c1)CCCC2. The van der Waals surface area contributed by atoms with Gasteiger partial charge in [0.2, 0.25) is 10.0 Å². The van der Waals surface area contributed by atoms with E-state index >= 15 is 0 Å². The molecule has 1 N–H and O–H groups in total. The molecule has 0 spiro atoms. The predicted molar refractivity (Wildman–Crippen MR) is 88.4 cm³/mol. The van der Waals surface area contributed by atoms with Gasteiger partial charge in [0.15, 0.2) is 0 Å². The summed E-state index contributed by atoms with van der Waals surface area (Å²) >= 11 is 5.58. The van der Waals surface area contributed by atoms with Gasteiger partial charge in [-0.05, 0) is 62.1 Å². The maximum Gasteiger partial charge on any atom is 0.212 e. The van der Waals surface area contributed by atoms with E-state index in [1.54, 1.807) is 0 Å². The fourth-order valence-corrected chi connectivity index (χ4v) is 4.37. The Morgan fingerprint density at radius 3 is 2.62 bits per heavy atom. The molecular weight excluding hydrogens is 306 g/mol. The third-order valence-electron chi connectivity index (χ3n) is 4.03. The summed E-state index contributed by atoms with van der Waals surface area (Å²) in [7, 11) is -3.23. The zero-order chi connectivity index (χ0) is 15.3. The zero-order valence-corrected chi connectivity index (χ0v) is 14.1. The second-order valence-electron chi connectivity index (χ2n) is 5.79. The molecule has 1 aliphatic rings. The molecule has 1 aliphatic carbocycles. The second kappa shape index (κ2) is 7.61. The fourth-order valence-electron chi connectivity index (χ4n) is 2.81. The van der Waals surface area contributed by atoms with Gasteiger partial charge in [-0.2, -0.15) is 0 Å². The summed E-state index contributed by atoms with van der Waals surface area (Å²) in [6.07, 6.45) is 6.09. The average molecular weight is 330 g/mol. The maximum atomic E-state index is 12.0. The summed E-state index contributed by atoms with van der Waals surface area (Å²) in [5.41, 5.74) is 3.85. The monoisotopic (exact) mass is 329 g/mol. The van der Waals surface area contributed by atoms with Gasteiger partial charge in [0.05, 0.1) is 5.75 Å². The van der Waals surface area contributed by atoms with Crippen molar-refractivity contribution in [3.63, 3.8) is 0 Å². The Balaban J connectivity index is 2.01. The normalized spacial score (nSPS) is 16.5. The van der Waals surface area contributed by atoms with E-state index in [9.17, 15) is 8.42 Å². The third kappa shape index (κ3) is 4.97. The molecule has 0 saturated carbocycles. The molecule has 1 unspecified atom stereocenters. The molecule has 0 aromatic heterocycles. The Morgan fingerprint density at radius 2 is 1.90 bits per heavy atom. The first-order valence-electron chi connectivity index (χ1n) is 7.69. The largest absolute Gasteiger partial charge is 0.212 e. The van der Waals surface area contributed by atoms with Crippen LogP contribution in [0, 0.1) is 0 Å².